The summed E-state index contributed by atoms with van der Waals surface area (Å²) in [7, 11) is 0. The summed E-state index contributed by atoms with van der Waals surface area (Å²) in [6, 6.07) is 10.4. The molecule has 1 saturated carbocycles. The van der Waals surface area contributed by atoms with Crippen LogP contribution >= 0.6 is 11.8 Å². The number of rotatable bonds is 7. The second kappa shape index (κ2) is 10.4. The summed E-state index contributed by atoms with van der Waals surface area (Å²) in [6.07, 6.45) is 12.5. The Morgan fingerprint density at radius 2 is 1.94 bits per heavy atom. The van der Waals surface area contributed by atoms with Crippen molar-refractivity contribution in [2.24, 2.45) is 5.92 Å². The molecule has 8 heteroatoms. The number of pyridine rings is 1. The number of aromatic amines is 1. The van der Waals surface area contributed by atoms with Crippen LogP contribution in [0.4, 0.5) is 0 Å². The molecule has 0 aromatic carbocycles. The number of carbonyl (C=O) groups excluding carboxylic acids is 2. The van der Waals surface area contributed by atoms with Crippen molar-refractivity contribution >= 4 is 28.7 Å². The summed E-state index contributed by atoms with van der Waals surface area (Å²) in [6.45, 7) is 0.802. The second-order valence-electron chi connectivity index (χ2n) is 8.88. The van der Waals surface area contributed by atoms with Gasteiger partial charge in [-0.1, -0.05) is 6.07 Å². The summed E-state index contributed by atoms with van der Waals surface area (Å²) >= 11 is 1.01. The van der Waals surface area contributed by atoms with Gasteiger partial charge in [0.05, 0.1) is 28.4 Å². The van der Waals surface area contributed by atoms with Gasteiger partial charge in [0.15, 0.2) is 5.78 Å². The molecule has 174 valence electrons. The number of carbonyl (C=O) groups is 2. The van der Waals surface area contributed by atoms with Crippen molar-refractivity contribution in [1.29, 1.82) is 0 Å². The quantitative estimate of drug-likeness (QED) is 0.389. The first kappa shape index (κ1) is 22.7. The van der Waals surface area contributed by atoms with Gasteiger partial charge in [-0.25, -0.2) is 9.97 Å². The standard InChI is InChI=1S/C26H27N5O2S/c32-22-15-25(33)34-23(22)14-20-9-12-28-24(31-20)13-17-5-7-19(8-6-17)30-16-18-3-1-11-29-26(18)21-4-2-10-27-21/h1-4,9-12,14,17,19,27,30H,5-8,13,15-16H2/b23-14-. The molecular formula is C26H27N5O2S. The molecule has 7 nitrogen and oxygen atoms in total. The molecule has 3 aromatic rings. The van der Waals surface area contributed by atoms with E-state index < -0.39 is 0 Å². The van der Waals surface area contributed by atoms with Crippen LogP contribution in [0.15, 0.2) is 53.8 Å². The molecule has 0 radical (unpaired) electrons. The Morgan fingerprint density at radius 3 is 2.71 bits per heavy atom. The van der Waals surface area contributed by atoms with Crippen LogP contribution in [0.2, 0.25) is 0 Å². The van der Waals surface area contributed by atoms with Crippen molar-refractivity contribution in [3.05, 3.63) is 70.9 Å². The maximum atomic E-state index is 11.9. The highest BCUT2D eigenvalue weighted by atomic mass is 32.2. The number of nitrogens with zero attached hydrogens (tertiary/aromatic N) is 3. The summed E-state index contributed by atoms with van der Waals surface area (Å²) in [5, 5.41) is 3.63. The van der Waals surface area contributed by atoms with Crippen molar-refractivity contribution < 1.29 is 9.59 Å². The zero-order chi connectivity index (χ0) is 23.3. The summed E-state index contributed by atoms with van der Waals surface area (Å²) in [5.41, 5.74) is 3.94. The third-order valence-corrected chi connectivity index (χ3v) is 7.39. The fraction of sp³-hybridized carbons (Fsp3) is 0.346. The van der Waals surface area contributed by atoms with Crippen LogP contribution in [-0.2, 0) is 22.6 Å². The van der Waals surface area contributed by atoms with E-state index in [-0.39, 0.29) is 17.3 Å². The van der Waals surface area contributed by atoms with Crippen LogP contribution < -0.4 is 5.32 Å². The van der Waals surface area contributed by atoms with E-state index in [1.807, 2.05) is 24.5 Å². The number of thioether (sulfide) groups is 1. The van der Waals surface area contributed by atoms with Crippen LogP contribution in [0.1, 0.15) is 49.2 Å². The molecule has 2 fully saturated rings. The summed E-state index contributed by atoms with van der Waals surface area (Å²) in [5.74, 6) is 1.24. The number of hydrogen-bond acceptors (Lipinski definition) is 7. The normalized spacial score (nSPS) is 21.9. The molecular weight excluding hydrogens is 446 g/mol. The third-order valence-electron chi connectivity index (χ3n) is 6.45. The lowest BCUT2D eigenvalue weighted by Gasteiger charge is -2.29. The molecule has 0 bridgehead atoms. The number of nitrogens with one attached hydrogen (secondary N) is 2. The van der Waals surface area contributed by atoms with Gasteiger partial charge in [-0.05, 0) is 79.3 Å². The Balaban J connectivity index is 1.13. The molecule has 34 heavy (non-hydrogen) atoms. The van der Waals surface area contributed by atoms with E-state index >= 15 is 0 Å². The highest BCUT2D eigenvalue weighted by Crippen LogP contribution is 2.31. The van der Waals surface area contributed by atoms with Gasteiger partial charge in [-0.3, -0.25) is 14.6 Å². The van der Waals surface area contributed by atoms with E-state index in [2.05, 4.69) is 37.4 Å². The fourth-order valence-electron chi connectivity index (χ4n) is 4.66. The minimum Gasteiger partial charge on any atom is -0.360 e. The lowest BCUT2D eigenvalue weighted by Crippen LogP contribution is -2.33. The maximum absolute atomic E-state index is 11.9. The number of allylic oxidation sites excluding steroid dienone is 1. The monoisotopic (exact) mass is 473 g/mol. The van der Waals surface area contributed by atoms with Crippen LogP contribution in [0, 0.1) is 5.92 Å². The Kier molecular flexibility index (Phi) is 6.97. The lowest BCUT2D eigenvalue weighted by atomic mass is 9.84. The van der Waals surface area contributed by atoms with Crippen molar-refractivity contribution in [2.75, 3.05) is 0 Å². The van der Waals surface area contributed by atoms with E-state index in [0.717, 1.165) is 67.6 Å². The Bertz CT molecular complexity index is 1200. The maximum Gasteiger partial charge on any atom is 0.201 e. The van der Waals surface area contributed by atoms with Crippen molar-refractivity contribution in [2.45, 2.75) is 51.1 Å². The first-order valence-electron chi connectivity index (χ1n) is 11.7. The average molecular weight is 474 g/mol. The molecule has 2 aliphatic rings. The summed E-state index contributed by atoms with van der Waals surface area (Å²) < 4.78 is 0. The highest BCUT2D eigenvalue weighted by Gasteiger charge is 2.26. The first-order chi connectivity index (χ1) is 16.6. The predicted molar refractivity (Wildman–Crippen MR) is 133 cm³/mol. The Labute approximate surface area is 202 Å². The van der Waals surface area contributed by atoms with Gasteiger partial charge in [0, 0.05) is 37.6 Å². The Morgan fingerprint density at radius 1 is 1.06 bits per heavy atom. The highest BCUT2D eigenvalue weighted by molar-refractivity contribution is 8.18. The number of hydrogen-bond donors (Lipinski definition) is 2. The van der Waals surface area contributed by atoms with Gasteiger partial charge in [-0.15, -0.1) is 0 Å². The van der Waals surface area contributed by atoms with E-state index in [1.165, 1.54) is 5.56 Å². The van der Waals surface area contributed by atoms with Crippen molar-refractivity contribution in [1.82, 2.24) is 25.3 Å². The summed E-state index contributed by atoms with van der Waals surface area (Å²) in [4.78, 5) is 40.7. The molecule has 2 N–H and O–H groups in total. The molecule has 3 aromatic heterocycles. The average Bonchev–Trinajstić information content (AvgIpc) is 3.49. The molecule has 0 amide bonds. The lowest BCUT2D eigenvalue weighted by molar-refractivity contribution is -0.119. The molecule has 1 saturated heterocycles. The van der Waals surface area contributed by atoms with E-state index in [1.54, 1.807) is 18.3 Å². The van der Waals surface area contributed by atoms with E-state index in [4.69, 9.17) is 0 Å². The molecule has 0 atom stereocenters. The number of Topliss-reactive ketones (excluding diaryl/α,β-unsaturated/α-hetero) is 1. The van der Waals surface area contributed by atoms with Crippen molar-refractivity contribution in [3.8, 4) is 11.4 Å². The van der Waals surface area contributed by atoms with Gasteiger partial charge < -0.3 is 10.3 Å². The zero-order valence-electron chi connectivity index (χ0n) is 18.9. The molecule has 0 spiro atoms. The first-order valence-corrected chi connectivity index (χ1v) is 12.5. The van der Waals surface area contributed by atoms with Gasteiger partial charge in [0.25, 0.3) is 0 Å². The smallest absolute Gasteiger partial charge is 0.201 e. The largest absolute Gasteiger partial charge is 0.360 e. The SMILES string of the molecule is O=C1CC(=O)/C(=C/c2ccnc(CC3CCC(NCc4cccnc4-c4ccc[nH]4)CC3)n2)S1. The Hall–Kier alpha value is -3.10. The molecule has 1 aliphatic heterocycles. The van der Waals surface area contributed by atoms with E-state index in [0.29, 0.717) is 22.6 Å². The van der Waals surface area contributed by atoms with Crippen LogP contribution in [0.5, 0.6) is 0 Å². The van der Waals surface area contributed by atoms with Crippen LogP contribution in [0.3, 0.4) is 0 Å². The van der Waals surface area contributed by atoms with Crippen LogP contribution in [-0.4, -0.2) is 36.9 Å². The fourth-order valence-corrected chi connectivity index (χ4v) is 5.47. The zero-order valence-corrected chi connectivity index (χ0v) is 19.7. The van der Waals surface area contributed by atoms with Crippen LogP contribution in [0.25, 0.3) is 17.5 Å². The molecule has 5 rings (SSSR count). The minimum absolute atomic E-state index is 0.0141. The predicted octanol–water partition coefficient (Wildman–Crippen LogP) is 4.33. The topological polar surface area (TPSA) is 101 Å². The molecule has 1 aliphatic carbocycles. The third kappa shape index (κ3) is 5.51. The van der Waals surface area contributed by atoms with Gasteiger partial charge >= 0.3 is 0 Å². The van der Waals surface area contributed by atoms with Crippen molar-refractivity contribution in [3.63, 3.8) is 0 Å². The van der Waals surface area contributed by atoms with Gasteiger partial charge in [-0.2, -0.15) is 0 Å². The molecule has 0 unspecified atom stereocenters. The van der Waals surface area contributed by atoms with Gasteiger partial charge in [0.2, 0.25) is 5.12 Å². The van der Waals surface area contributed by atoms with Gasteiger partial charge in [0.1, 0.15) is 5.82 Å². The number of ketones is 1. The second-order valence-corrected chi connectivity index (χ2v) is 9.98. The minimum atomic E-state index is -0.118. The molecule has 4 heterocycles. The van der Waals surface area contributed by atoms with E-state index in [9.17, 15) is 9.59 Å². The number of H-pyrrole nitrogens is 1. The number of aromatic nitrogens is 4.